The Bertz CT molecular complexity index is 300. The van der Waals surface area contributed by atoms with E-state index in [9.17, 15) is 0 Å². The van der Waals surface area contributed by atoms with Crippen molar-refractivity contribution in [2.75, 3.05) is 21.2 Å². The number of fused-ring (bicyclic) bond motifs is 2. The molecule has 14 heavy (non-hydrogen) atoms. The molecule has 3 bridgehead atoms. The molecule has 0 amide bonds. The van der Waals surface area contributed by atoms with E-state index in [1.54, 1.807) is 11.4 Å². The number of likely N-dealkylation sites (tertiary alicyclic amines) is 1. The van der Waals surface area contributed by atoms with Crippen LogP contribution in [-0.2, 0) is 4.74 Å². The zero-order valence-electron chi connectivity index (χ0n) is 9.16. The molecule has 0 aromatic rings. The van der Waals surface area contributed by atoms with Crippen LogP contribution in [-0.4, -0.2) is 43.3 Å². The van der Waals surface area contributed by atoms with E-state index in [0.717, 1.165) is 5.92 Å². The lowest BCUT2D eigenvalue weighted by Gasteiger charge is -2.42. The third-order valence-corrected chi connectivity index (χ3v) is 4.22. The summed E-state index contributed by atoms with van der Waals surface area (Å²) in [5, 5.41) is 0. The van der Waals surface area contributed by atoms with E-state index >= 15 is 0 Å². The molecule has 78 valence electrons. The lowest BCUT2D eigenvalue weighted by atomic mass is 9.83. The summed E-state index contributed by atoms with van der Waals surface area (Å²) in [5.41, 5.74) is 3.13. The van der Waals surface area contributed by atoms with Gasteiger partial charge in [-0.2, -0.15) is 0 Å². The lowest BCUT2D eigenvalue weighted by molar-refractivity contribution is -0.0545. The average molecular weight is 194 g/mol. The maximum Gasteiger partial charge on any atom is 0.128 e. The molecule has 2 heterocycles. The molecular weight excluding hydrogens is 176 g/mol. The summed E-state index contributed by atoms with van der Waals surface area (Å²) in [4.78, 5) is 4.84. The van der Waals surface area contributed by atoms with Gasteiger partial charge in [-0.15, -0.1) is 0 Å². The molecule has 0 radical (unpaired) electrons. The molecule has 0 aromatic heterocycles. The largest absolute Gasteiger partial charge is 0.377 e. The number of piperidine rings is 1. The maximum absolute atomic E-state index is 5.68. The average Bonchev–Trinajstić information content (AvgIpc) is 2.36. The fraction of sp³-hybridized carbons (Fsp3) is 0.818. The molecule has 1 saturated heterocycles. The van der Waals surface area contributed by atoms with Crippen LogP contribution in [0.15, 0.2) is 11.4 Å². The highest BCUT2D eigenvalue weighted by molar-refractivity contribution is 5.27. The predicted octanol–water partition coefficient (Wildman–Crippen LogP) is 1.23. The molecule has 1 aliphatic carbocycles. The van der Waals surface area contributed by atoms with Gasteiger partial charge in [-0.3, -0.25) is 0 Å². The molecule has 0 N–H and O–H groups in total. The van der Waals surface area contributed by atoms with Gasteiger partial charge in [0.25, 0.3) is 0 Å². The van der Waals surface area contributed by atoms with Crippen LogP contribution < -0.4 is 0 Å². The number of nitrogens with zero attached hydrogens (tertiary/aromatic N) is 2. The first-order valence-corrected chi connectivity index (χ1v) is 5.44. The predicted molar refractivity (Wildman–Crippen MR) is 54.5 cm³/mol. The lowest BCUT2D eigenvalue weighted by Crippen LogP contribution is -2.51. The fourth-order valence-electron chi connectivity index (χ4n) is 3.52. The molecule has 3 heteroatoms. The second-order valence-corrected chi connectivity index (χ2v) is 4.73. The van der Waals surface area contributed by atoms with Crippen molar-refractivity contribution in [2.24, 2.45) is 5.92 Å². The Kier molecular flexibility index (Phi) is 1.63. The van der Waals surface area contributed by atoms with Crippen LogP contribution >= 0.6 is 0 Å². The normalized spacial score (nSPS) is 40.1. The van der Waals surface area contributed by atoms with Crippen LogP contribution in [0.3, 0.4) is 0 Å². The molecule has 0 aromatic carbocycles. The summed E-state index contributed by atoms with van der Waals surface area (Å²) in [7, 11) is 6.27. The first-order chi connectivity index (χ1) is 6.74. The van der Waals surface area contributed by atoms with Gasteiger partial charge in [0.15, 0.2) is 0 Å². The van der Waals surface area contributed by atoms with Crippen molar-refractivity contribution in [2.45, 2.75) is 31.5 Å². The first-order valence-electron chi connectivity index (χ1n) is 5.44. The molecule has 1 fully saturated rings. The van der Waals surface area contributed by atoms with Gasteiger partial charge in [-0.1, -0.05) is 0 Å². The van der Waals surface area contributed by atoms with Gasteiger partial charge >= 0.3 is 0 Å². The zero-order valence-corrected chi connectivity index (χ0v) is 9.16. The number of rotatable bonds is 1. The van der Waals surface area contributed by atoms with Crippen molar-refractivity contribution >= 4 is 0 Å². The summed E-state index contributed by atoms with van der Waals surface area (Å²) in [6.45, 7) is 0. The monoisotopic (exact) mass is 194 g/mol. The van der Waals surface area contributed by atoms with E-state index in [1.165, 1.54) is 19.3 Å². The molecule has 0 saturated carbocycles. The summed E-state index contributed by atoms with van der Waals surface area (Å²) in [6.07, 6.45) is 4.65. The summed E-state index contributed by atoms with van der Waals surface area (Å²) < 4.78 is 5.68. The first kappa shape index (κ1) is 8.60. The van der Waals surface area contributed by atoms with Gasteiger partial charge < -0.3 is 14.5 Å². The minimum Gasteiger partial charge on any atom is -0.377 e. The van der Waals surface area contributed by atoms with Gasteiger partial charge in [-0.25, -0.2) is 0 Å². The van der Waals surface area contributed by atoms with Gasteiger partial charge in [0.1, 0.15) is 6.17 Å². The van der Waals surface area contributed by atoms with E-state index in [-0.39, 0.29) is 0 Å². The van der Waals surface area contributed by atoms with E-state index in [0.29, 0.717) is 12.3 Å². The molecule has 0 spiro atoms. The highest BCUT2D eigenvalue weighted by Crippen LogP contribution is 2.48. The van der Waals surface area contributed by atoms with Crippen molar-refractivity contribution in [3.63, 3.8) is 0 Å². The van der Waals surface area contributed by atoms with Crippen molar-refractivity contribution in [1.29, 1.82) is 0 Å². The molecule has 3 unspecified atom stereocenters. The summed E-state index contributed by atoms with van der Waals surface area (Å²) in [5.74, 6) is 0.755. The Labute approximate surface area is 85.3 Å². The number of likely N-dealkylation sites (N-methyl/N-ethyl adjacent to an activating group) is 2. The van der Waals surface area contributed by atoms with Gasteiger partial charge in [-0.05, 0) is 25.2 Å². The number of allylic oxidation sites excluding steroid dienone is 2. The second-order valence-electron chi connectivity index (χ2n) is 4.73. The van der Waals surface area contributed by atoms with Crippen molar-refractivity contribution in [3.05, 3.63) is 11.4 Å². The maximum atomic E-state index is 5.68. The van der Waals surface area contributed by atoms with E-state index in [4.69, 9.17) is 4.74 Å². The number of hydrogen-bond acceptors (Lipinski definition) is 3. The SMILES string of the molecule is COC1C2CCC3=C(C2)N(C)C1N3C. The highest BCUT2D eigenvalue weighted by atomic mass is 16.5. The van der Waals surface area contributed by atoms with E-state index < -0.39 is 0 Å². The van der Waals surface area contributed by atoms with Crippen LogP contribution in [0.5, 0.6) is 0 Å². The molecule has 3 aliphatic rings. The van der Waals surface area contributed by atoms with Crippen LogP contribution in [0.2, 0.25) is 0 Å². The number of hydrogen-bond donors (Lipinski definition) is 0. The van der Waals surface area contributed by atoms with Crippen LogP contribution in [0.4, 0.5) is 0 Å². The van der Waals surface area contributed by atoms with Gasteiger partial charge in [0.2, 0.25) is 0 Å². The van der Waals surface area contributed by atoms with Crippen LogP contribution in [0, 0.1) is 5.92 Å². The zero-order chi connectivity index (χ0) is 9.87. The molecule has 2 aliphatic heterocycles. The quantitative estimate of drug-likeness (QED) is 0.624. The number of ether oxygens (including phenoxy) is 1. The Hall–Kier alpha value is -0.700. The topological polar surface area (TPSA) is 15.7 Å². The minimum atomic E-state index is 0.397. The van der Waals surface area contributed by atoms with Gasteiger partial charge in [0, 0.05) is 32.6 Å². The van der Waals surface area contributed by atoms with Crippen LogP contribution in [0.25, 0.3) is 0 Å². The third-order valence-electron chi connectivity index (χ3n) is 4.22. The third kappa shape index (κ3) is 0.817. The Morgan fingerprint density at radius 1 is 1.21 bits per heavy atom. The molecule has 3 nitrogen and oxygen atoms in total. The highest BCUT2D eigenvalue weighted by Gasteiger charge is 2.49. The fourth-order valence-corrected chi connectivity index (χ4v) is 3.52. The standard InChI is InChI=1S/C11H18N2O/c1-12-8-5-4-7-6-9(8)13(2)11(12)10(7)14-3/h7,10-11H,4-6H2,1-3H3. The molecule has 3 rings (SSSR count). The number of methoxy groups -OCH3 is 1. The van der Waals surface area contributed by atoms with Crippen molar-refractivity contribution in [3.8, 4) is 0 Å². The Morgan fingerprint density at radius 3 is 2.64 bits per heavy atom. The Morgan fingerprint density at radius 2 is 1.93 bits per heavy atom. The van der Waals surface area contributed by atoms with E-state index in [1.807, 2.05) is 7.11 Å². The molecule has 3 atom stereocenters. The smallest absolute Gasteiger partial charge is 0.128 e. The van der Waals surface area contributed by atoms with Crippen molar-refractivity contribution in [1.82, 2.24) is 9.80 Å². The molecular formula is C11H18N2O. The van der Waals surface area contributed by atoms with Crippen LogP contribution in [0.1, 0.15) is 19.3 Å². The minimum absolute atomic E-state index is 0.397. The summed E-state index contributed by atoms with van der Waals surface area (Å²) in [6, 6.07) is 0. The second kappa shape index (κ2) is 2.66. The summed E-state index contributed by atoms with van der Waals surface area (Å²) >= 11 is 0. The Balaban J connectivity index is 2.06. The van der Waals surface area contributed by atoms with E-state index in [2.05, 4.69) is 23.9 Å². The van der Waals surface area contributed by atoms with Crippen molar-refractivity contribution < 1.29 is 4.74 Å². The van der Waals surface area contributed by atoms with Gasteiger partial charge in [0.05, 0.1) is 6.10 Å².